The van der Waals surface area contributed by atoms with Crippen molar-refractivity contribution in [3.8, 4) is 89.9 Å². The molecule has 4 aromatic heterocycles. The minimum atomic E-state index is 0.502. The largest absolute Gasteiger partial charge is 0.454 e. The molecule has 0 saturated heterocycles. The molecule has 0 atom stereocenters. The van der Waals surface area contributed by atoms with Crippen molar-refractivity contribution < 1.29 is 4.42 Å². The van der Waals surface area contributed by atoms with Crippen LogP contribution < -0.4 is 0 Å². The second-order valence-corrected chi connectivity index (χ2v) is 23.4. The Bertz CT molecular complexity index is 5640. The molecular weight excluding hydrogens is 1090 g/mol. The van der Waals surface area contributed by atoms with Crippen LogP contribution in [0, 0.1) is 11.3 Å². The van der Waals surface area contributed by atoms with Gasteiger partial charge in [0.15, 0.2) is 5.58 Å². The SMILES string of the molecule is N#Cc1c(-n2c3ccc(-c4ccccc4)cc3c3cc(-c4ccccc4)ccc32)c(-n2c3ccc(-c4ccccc4)cc3c3cc(-c4ccccc4)ccc32)c(-n2c3ccc(-c4ccccc4)cc3c3cc(-c4ccccc4)ccc32)c2oc3ccccc3c12. The quantitative estimate of drug-likeness (QED) is 0.145. The molecule has 0 spiro atoms. The van der Waals surface area contributed by atoms with Crippen LogP contribution in [0.15, 0.2) is 320 Å². The lowest BCUT2D eigenvalue weighted by Crippen LogP contribution is -2.12. The van der Waals surface area contributed by atoms with Crippen LogP contribution >= 0.6 is 0 Å². The molecule has 418 valence electrons. The molecule has 0 amide bonds. The Morgan fingerprint density at radius 3 is 0.778 bits per heavy atom. The molecule has 18 aromatic rings. The minimum Gasteiger partial charge on any atom is -0.454 e. The summed E-state index contributed by atoms with van der Waals surface area (Å²) in [7, 11) is 0. The average Bonchev–Trinajstić information content (AvgIpc) is 1.45. The molecule has 90 heavy (non-hydrogen) atoms. The van der Waals surface area contributed by atoms with Crippen LogP contribution in [-0.4, -0.2) is 13.7 Å². The number of hydrogen-bond acceptors (Lipinski definition) is 2. The molecule has 4 heterocycles. The highest BCUT2D eigenvalue weighted by Crippen LogP contribution is 2.51. The molecule has 0 aliphatic carbocycles. The normalized spacial score (nSPS) is 11.8. The fourth-order valence-corrected chi connectivity index (χ4v) is 14.3. The van der Waals surface area contributed by atoms with Gasteiger partial charge in [0, 0.05) is 37.7 Å². The maximum atomic E-state index is 12.6. The van der Waals surface area contributed by atoms with Gasteiger partial charge in [-0.05, 0) is 146 Å². The zero-order valence-corrected chi connectivity index (χ0v) is 48.7. The van der Waals surface area contributed by atoms with Crippen molar-refractivity contribution in [2.45, 2.75) is 0 Å². The number of nitriles is 1. The van der Waals surface area contributed by atoms with Crippen LogP contribution in [0.2, 0.25) is 0 Å². The molecule has 0 aliphatic rings. The highest BCUT2D eigenvalue weighted by atomic mass is 16.3. The molecule has 14 aromatic carbocycles. The van der Waals surface area contributed by atoms with Gasteiger partial charge in [0.2, 0.25) is 0 Å². The Balaban J connectivity index is 1.07. The van der Waals surface area contributed by atoms with E-state index in [0.29, 0.717) is 16.7 Å². The van der Waals surface area contributed by atoms with Gasteiger partial charge in [0.05, 0.1) is 55.4 Å². The number of aromatic nitrogens is 3. The predicted octanol–water partition coefficient (Wildman–Crippen LogP) is 22.8. The first-order valence-corrected chi connectivity index (χ1v) is 30.6. The van der Waals surface area contributed by atoms with E-state index < -0.39 is 0 Å². The van der Waals surface area contributed by atoms with E-state index in [2.05, 4.69) is 323 Å². The number of rotatable bonds is 9. The van der Waals surface area contributed by atoms with E-state index in [0.717, 1.165) is 160 Å². The van der Waals surface area contributed by atoms with E-state index >= 15 is 0 Å². The first-order chi connectivity index (χ1) is 44.6. The van der Waals surface area contributed by atoms with Crippen molar-refractivity contribution in [3.63, 3.8) is 0 Å². The lowest BCUT2D eigenvalue weighted by atomic mass is 10.00. The first-order valence-electron chi connectivity index (χ1n) is 30.6. The summed E-state index contributed by atoms with van der Waals surface area (Å²) in [5.41, 5.74) is 23.4. The molecular formula is C85H52N4O. The fourth-order valence-electron chi connectivity index (χ4n) is 14.3. The number of nitrogens with zero attached hydrogens (tertiary/aromatic N) is 4. The number of furan rings is 1. The number of benzene rings is 14. The van der Waals surface area contributed by atoms with Crippen LogP contribution in [-0.2, 0) is 0 Å². The Morgan fingerprint density at radius 2 is 0.489 bits per heavy atom. The smallest absolute Gasteiger partial charge is 0.163 e. The van der Waals surface area contributed by atoms with Gasteiger partial charge >= 0.3 is 0 Å². The summed E-state index contributed by atoms with van der Waals surface area (Å²) in [6, 6.07) is 116. The number of hydrogen-bond donors (Lipinski definition) is 0. The van der Waals surface area contributed by atoms with E-state index in [4.69, 9.17) is 4.42 Å². The monoisotopic (exact) mass is 1140 g/mol. The molecule has 18 rings (SSSR count). The van der Waals surface area contributed by atoms with Gasteiger partial charge in [-0.2, -0.15) is 5.26 Å². The predicted molar refractivity (Wildman–Crippen MR) is 374 cm³/mol. The maximum Gasteiger partial charge on any atom is 0.163 e. The van der Waals surface area contributed by atoms with E-state index in [1.54, 1.807) is 0 Å². The van der Waals surface area contributed by atoms with Crippen molar-refractivity contribution in [3.05, 3.63) is 321 Å². The maximum absolute atomic E-state index is 12.6. The van der Waals surface area contributed by atoms with Gasteiger partial charge in [-0.15, -0.1) is 0 Å². The summed E-state index contributed by atoms with van der Waals surface area (Å²) in [4.78, 5) is 0. The van der Waals surface area contributed by atoms with Crippen LogP contribution in [0.5, 0.6) is 0 Å². The Kier molecular flexibility index (Phi) is 11.6. The summed E-state index contributed by atoms with van der Waals surface area (Å²) in [6.45, 7) is 0. The van der Waals surface area contributed by atoms with Gasteiger partial charge < -0.3 is 18.1 Å². The summed E-state index contributed by atoms with van der Waals surface area (Å²) in [5, 5.41) is 20.7. The van der Waals surface area contributed by atoms with Crippen LogP contribution in [0.4, 0.5) is 0 Å². The van der Waals surface area contributed by atoms with Crippen molar-refractivity contribution in [2.24, 2.45) is 0 Å². The summed E-state index contributed by atoms with van der Waals surface area (Å²) < 4.78 is 14.8. The summed E-state index contributed by atoms with van der Waals surface area (Å²) >= 11 is 0. The van der Waals surface area contributed by atoms with Crippen molar-refractivity contribution >= 4 is 87.4 Å². The van der Waals surface area contributed by atoms with Crippen molar-refractivity contribution in [1.82, 2.24) is 13.7 Å². The third-order valence-corrected chi connectivity index (χ3v) is 18.5. The Labute approximate surface area is 518 Å². The van der Waals surface area contributed by atoms with Crippen molar-refractivity contribution in [1.29, 1.82) is 5.26 Å². The Morgan fingerprint density at radius 1 is 0.233 bits per heavy atom. The van der Waals surface area contributed by atoms with E-state index in [1.165, 1.54) is 0 Å². The standard InChI is InChI=1S/C85H52N4O/c86-53-73-81-66-33-19-20-34-80(66)90-85(81)84(89-78-45-39-64(58-29-15-5-16-30-58)51-71(78)72-52-65(40-46-79(72)89)59-31-17-6-18-32-59)83(88-76-43-37-62(56-25-11-3-12-26-56)49-69(76)70-50-63(38-44-77(70)88)57-27-13-4-14-28-57)82(73)87-74-41-35-60(54-21-7-1-8-22-54)47-67(74)68-48-61(36-42-75(68)87)55-23-9-2-10-24-55/h1-52H. The lowest BCUT2D eigenvalue weighted by Gasteiger charge is -2.24. The molecule has 0 N–H and O–H groups in total. The highest BCUT2D eigenvalue weighted by molar-refractivity contribution is 6.21. The molecule has 0 radical (unpaired) electrons. The first kappa shape index (κ1) is 51.0. The average molecular weight is 1150 g/mol. The van der Waals surface area contributed by atoms with Gasteiger partial charge in [-0.25, -0.2) is 0 Å². The van der Waals surface area contributed by atoms with Gasteiger partial charge in [0.1, 0.15) is 17.3 Å². The topological polar surface area (TPSA) is 51.7 Å². The van der Waals surface area contributed by atoms with Gasteiger partial charge in [-0.3, -0.25) is 0 Å². The molecule has 5 heteroatoms. The third-order valence-electron chi connectivity index (χ3n) is 18.5. The van der Waals surface area contributed by atoms with Crippen LogP contribution in [0.3, 0.4) is 0 Å². The zero-order valence-electron chi connectivity index (χ0n) is 48.7. The zero-order chi connectivity index (χ0) is 59.4. The molecule has 0 aliphatic heterocycles. The second-order valence-electron chi connectivity index (χ2n) is 23.4. The van der Waals surface area contributed by atoms with E-state index in [-0.39, 0.29) is 0 Å². The van der Waals surface area contributed by atoms with E-state index in [1.807, 2.05) is 12.1 Å². The number of para-hydroxylation sites is 1. The second kappa shape index (κ2) is 20.5. The molecule has 0 unspecified atom stereocenters. The third kappa shape index (κ3) is 7.95. The summed E-state index contributed by atoms with van der Waals surface area (Å²) in [5.74, 6) is 0. The number of fused-ring (bicyclic) bond motifs is 12. The van der Waals surface area contributed by atoms with Crippen molar-refractivity contribution in [2.75, 3.05) is 0 Å². The van der Waals surface area contributed by atoms with Gasteiger partial charge in [0.25, 0.3) is 0 Å². The Hall–Kier alpha value is -12.2. The molecule has 5 nitrogen and oxygen atoms in total. The van der Waals surface area contributed by atoms with Crippen LogP contribution in [0.25, 0.3) is 171 Å². The van der Waals surface area contributed by atoms with E-state index in [9.17, 15) is 5.26 Å². The molecule has 0 fully saturated rings. The summed E-state index contributed by atoms with van der Waals surface area (Å²) in [6.07, 6.45) is 0. The minimum absolute atomic E-state index is 0.502. The lowest BCUT2D eigenvalue weighted by molar-refractivity contribution is 0.666. The molecule has 0 bridgehead atoms. The van der Waals surface area contributed by atoms with Gasteiger partial charge in [-0.1, -0.05) is 237 Å². The molecule has 0 saturated carbocycles. The fraction of sp³-hybridized carbons (Fsp3) is 0. The highest BCUT2D eigenvalue weighted by Gasteiger charge is 2.33. The van der Waals surface area contributed by atoms with Crippen LogP contribution in [0.1, 0.15) is 5.56 Å².